The zero-order chi connectivity index (χ0) is 7.68. The van der Waals surface area contributed by atoms with Crippen molar-refractivity contribution in [3.8, 4) is 0 Å². The molecule has 1 nitrogen and oxygen atoms in total. The Bertz CT molecular complexity index is 368. The van der Waals surface area contributed by atoms with Crippen molar-refractivity contribution >= 4 is 44.0 Å². The van der Waals surface area contributed by atoms with Gasteiger partial charge in [0, 0.05) is 4.90 Å². The SMILES string of the molecule is SSc1cccc2scnc12. The standard InChI is InChI=1S/C7H5NS3/c9-11-6-3-1-2-5-7(6)8-4-10-5/h1-4,9H. The van der Waals surface area contributed by atoms with Gasteiger partial charge in [-0.3, -0.25) is 0 Å². The fourth-order valence-corrected chi connectivity index (χ4v) is 2.53. The highest BCUT2D eigenvalue weighted by Gasteiger charge is 2.00. The van der Waals surface area contributed by atoms with Crippen molar-refractivity contribution in [3.05, 3.63) is 23.7 Å². The smallest absolute Gasteiger partial charge is 0.0956 e. The summed E-state index contributed by atoms with van der Waals surface area (Å²) in [5, 5.41) is 0. The highest BCUT2D eigenvalue weighted by molar-refractivity contribution is 8.68. The second-order valence-corrected chi connectivity index (χ2v) is 4.10. The van der Waals surface area contributed by atoms with Gasteiger partial charge in [-0.25, -0.2) is 4.98 Å². The van der Waals surface area contributed by atoms with E-state index in [4.69, 9.17) is 0 Å². The molecule has 56 valence electrons. The minimum Gasteiger partial charge on any atom is -0.243 e. The monoisotopic (exact) mass is 199 g/mol. The molecule has 11 heavy (non-hydrogen) atoms. The van der Waals surface area contributed by atoms with Crippen LogP contribution in [0.2, 0.25) is 0 Å². The van der Waals surface area contributed by atoms with Gasteiger partial charge in [0.05, 0.1) is 15.7 Å². The van der Waals surface area contributed by atoms with Crippen molar-refractivity contribution in [2.24, 2.45) is 0 Å². The fraction of sp³-hybridized carbons (Fsp3) is 0. The average Bonchev–Trinajstić information content (AvgIpc) is 2.50. The summed E-state index contributed by atoms with van der Waals surface area (Å²) in [7, 11) is 1.44. The maximum Gasteiger partial charge on any atom is 0.0956 e. The highest BCUT2D eigenvalue weighted by Crippen LogP contribution is 2.30. The van der Waals surface area contributed by atoms with Crippen molar-refractivity contribution in [1.82, 2.24) is 4.98 Å². The number of thiazole rings is 1. The van der Waals surface area contributed by atoms with E-state index in [0.29, 0.717) is 0 Å². The number of rotatable bonds is 1. The van der Waals surface area contributed by atoms with Gasteiger partial charge in [-0.15, -0.1) is 23.0 Å². The maximum absolute atomic E-state index is 4.24. The van der Waals surface area contributed by atoms with E-state index in [9.17, 15) is 0 Å². The third-order valence-corrected chi connectivity index (χ3v) is 3.33. The summed E-state index contributed by atoms with van der Waals surface area (Å²) >= 11 is 5.80. The van der Waals surface area contributed by atoms with Crippen molar-refractivity contribution < 1.29 is 0 Å². The van der Waals surface area contributed by atoms with Gasteiger partial charge in [-0.2, -0.15) is 0 Å². The van der Waals surface area contributed by atoms with E-state index in [2.05, 4.69) is 22.7 Å². The molecular weight excluding hydrogens is 194 g/mol. The first-order chi connectivity index (χ1) is 5.42. The minimum absolute atomic E-state index is 1.07. The Hall–Kier alpha value is -0.190. The Morgan fingerprint density at radius 1 is 1.45 bits per heavy atom. The second-order valence-electron chi connectivity index (χ2n) is 2.05. The number of hydrogen-bond donors (Lipinski definition) is 1. The topological polar surface area (TPSA) is 12.9 Å². The van der Waals surface area contributed by atoms with Crippen molar-refractivity contribution in [2.45, 2.75) is 4.90 Å². The van der Waals surface area contributed by atoms with Gasteiger partial charge in [-0.1, -0.05) is 16.9 Å². The van der Waals surface area contributed by atoms with E-state index >= 15 is 0 Å². The highest BCUT2D eigenvalue weighted by atomic mass is 33.1. The number of benzene rings is 1. The molecule has 0 amide bonds. The van der Waals surface area contributed by atoms with Gasteiger partial charge in [0.15, 0.2) is 0 Å². The van der Waals surface area contributed by atoms with Crippen LogP contribution >= 0.6 is 33.8 Å². The molecule has 0 saturated heterocycles. The van der Waals surface area contributed by atoms with E-state index in [1.165, 1.54) is 15.5 Å². The molecular formula is C7H5NS3. The molecule has 0 unspecified atom stereocenters. The molecule has 0 aliphatic heterocycles. The van der Waals surface area contributed by atoms with Gasteiger partial charge in [-0.05, 0) is 12.1 Å². The molecule has 0 bridgehead atoms. The van der Waals surface area contributed by atoms with Crippen LogP contribution < -0.4 is 0 Å². The summed E-state index contributed by atoms with van der Waals surface area (Å²) in [5.41, 5.74) is 2.93. The Kier molecular flexibility index (Phi) is 2.07. The predicted octanol–water partition coefficient (Wildman–Crippen LogP) is 3.23. The molecule has 0 N–H and O–H groups in total. The maximum atomic E-state index is 4.24. The lowest BCUT2D eigenvalue weighted by Crippen LogP contribution is -1.70. The fourth-order valence-electron chi connectivity index (χ4n) is 0.934. The number of para-hydroxylation sites is 1. The van der Waals surface area contributed by atoms with Crippen LogP contribution in [-0.2, 0) is 0 Å². The Balaban J connectivity index is 2.79. The van der Waals surface area contributed by atoms with Gasteiger partial charge < -0.3 is 0 Å². The zero-order valence-corrected chi connectivity index (χ0v) is 8.05. The molecule has 2 rings (SSSR count). The lowest BCUT2D eigenvalue weighted by molar-refractivity contribution is 1.42. The number of hydrogen-bond acceptors (Lipinski definition) is 4. The Morgan fingerprint density at radius 3 is 3.18 bits per heavy atom. The lowest BCUT2D eigenvalue weighted by Gasteiger charge is -1.93. The number of fused-ring (bicyclic) bond motifs is 1. The molecule has 4 heteroatoms. The molecule has 0 spiro atoms. The first-order valence-electron chi connectivity index (χ1n) is 3.05. The third kappa shape index (κ3) is 1.26. The van der Waals surface area contributed by atoms with Crippen LogP contribution in [0.15, 0.2) is 28.6 Å². The largest absolute Gasteiger partial charge is 0.243 e. The molecule has 1 aromatic heterocycles. The van der Waals surface area contributed by atoms with E-state index in [0.717, 1.165) is 10.4 Å². The summed E-state index contributed by atoms with van der Waals surface area (Å²) in [6.07, 6.45) is 0. The quantitative estimate of drug-likeness (QED) is 0.559. The molecule has 1 heterocycles. The molecule has 0 aliphatic carbocycles. The number of nitrogens with zero attached hydrogens (tertiary/aromatic N) is 1. The first-order valence-corrected chi connectivity index (χ1v) is 5.80. The van der Waals surface area contributed by atoms with E-state index in [-0.39, 0.29) is 0 Å². The number of thiol groups is 1. The summed E-state index contributed by atoms with van der Waals surface area (Å²) in [6.45, 7) is 0. The van der Waals surface area contributed by atoms with Crippen LogP contribution in [0, 0.1) is 0 Å². The molecule has 0 saturated carbocycles. The second kappa shape index (κ2) is 3.05. The van der Waals surface area contributed by atoms with Crippen molar-refractivity contribution in [2.75, 3.05) is 0 Å². The summed E-state index contributed by atoms with van der Waals surface area (Å²) < 4.78 is 1.23. The lowest BCUT2D eigenvalue weighted by atomic mass is 10.3. The van der Waals surface area contributed by atoms with Crippen LogP contribution in [0.3, 0.4) is 0 Å². The Labute approximate surface area is 77.7 Å². The molecule has 2 aromatic rings. The molecule has 0 fully saturated rings. The van der Waals surface area contributed by atoms with Crippen LogP contribution in [0.5, 0.6) is 0 Å². The predicted molar refractivity (Wildman–Crippen MR) is 54.5 cm³/mol. The minimum atomic E-state index is 1.07. The van der Waals surface area contributed by atoms with Gasteiger partial charge >= 0.3 is 0 Å². The molecule has 0 atom stereocenters. The Morgan fingerprint density at radius 2 is 2.36 bits per heavy atom. The molecule has 0 aliphatic rings. The molecule has 0 radical (unpaired) electrons. The third-order valence-electron chi connectivity index (χ3n) is 1.42. The van der Waals surface area contributed by atoms with Gasteiger partial charge in [0.1, 0.15) is 0 Å². The zero-order valence-electron chi connectivity index (χ0n) is 5.52. The summed E-state index contributed by atoms with van der Waals surface area (Å²) in [4.78, 5) is 5.37. The van der Waals surface area contributed by atoms with E-state index in [1.54, 1.807) is 11.3 Å². The van der Waals surface area contributed by atoms with Crippen LogP contribution in [0.1, 0.15) is 0 Å². The summed E-state index contributed by atoms with van der Waals surface area (Å²) in [6, 6.07) is 6.12. The average molecular weight is 199 g/mol. The van der Waals surface area contributed by atoms with E-state index in [1.807, 2.05) is 17.6 Å². The van der Waals surface area contributed by atoms with E-state index < -0.39 is 0 Å². The van der Waals surface area contributed by atoms with Crippen LogP contribution in [0.25, 0.3) is 10.2 Å². The van der Waals surface area contributed by atoms with Crippen molar-refractivity contribution in [3.63, 3.8) is 0 Å². The molecule has 1 aromatic carbocycles. The van der Waals surface area contributed by atoms with Crippen molar-refractivity contribution in [1.29, 1.82) is 0 Å². The van der Waals surface area contributed by atoms with Gasteiger partial charge in [0.2, 0.25) is 0 Å². The summed E-state index contributed by atoms with van der Waals surface area (Å²) in [5.74, 6) is 0. The first kappa shape index (κ1) is 7.46. The van der Waals surface area contributed by atoms with Crippen LogP contribution in [0.4, 0.5) is 0 Å². The number of aromatic nitrogens is 1. The normalized spacial score (nSPS) is 10.6. The van der Waals surface area contributed by atoms with Gasteiger partial charge in [0.25, 0.3) is 0 Å². The van der Waals surface area contributed by atoms with Crippen LogP contribution in [-0.4, -0.2) is 4.98 Å².